The van der Waals surface area contributed by atoms with E-state index in [4.69, 9.17) is 0 Å². The molecule has 0 spiro atoms. The molecule has 0 saturated carbocycles. The zero-order valence-electron chi connectivity index (χ0n) is 14.0. The van der Waals surface area contributed by atoms with Gasteiger partial charge in [0.05, 0.1) is 0 Å². The molecule has 7 heteroatoms. The number of unbranched alkanes of at least 4 members (excludes halogenated alkanes) is 5. The molecule has 1 N–H and O–H groups in total. The number of halogens is 3. The van der Waals surface area contributed by atoms with Gasteiger partial charge in [0.2, 0.25) is 5.91 Å². The van der Waals surface area contributed by atoms with Crippen molar-refractivity contribution in [1.82, 2.24) is 5.01 Å². The molecule has 0 radical (unpaired) electrons. The van der Waals surface area contributed by atoms with E-state index in [1.54, 1.807) is 0 Å². The maximum absolute atomic E-state index is 13.2. The number of hydrogen-bond acceptors (Lipinski definition) is 3. The highest BCUT2D eigenvalue weighted by Gasteiger charge is 2.62. The first kappa shape index (κ1) is 19.9. The molecule has 4 nitrogen and oxygen atoms in total. The minimum Gasteiger partial charge on any atom is -0.362 e. The Morgan fingerprint density at radius 2 is 1.78 bits per heavy atom. The van der Waals surface area contributed by atoms with Gasteiger partial charge in [-0.15, -0.1) is 0 Å². The highest BCUT2D eigenvalue weighted by Crippen LogP contribution is 2.41. The number of aliphatic hydroxyl groups is 1. The smallest absolute Gasteiger partial charge is 0.362 e. The van der Waals surface area contributed by atoms with Crippen LogP contribution in [0.1, 0.15) is 78.1 Å². The normalized spacial score (nSPS) is 21.7. The van der Waals surface area contributed by atoms with Gasteiger partial charge in [-0.05, 0) is 19.3 Å². The van der Waals surface area contributed by atoms with Crippen LogP contribution < -0.4 is 0 Å². The lowest BCUT2D eigenvalue weighted by molar-refractivity contribution is -0.302. The van der Waals surface area contributed by atoms with Crippen LogP contribution in [0, 0.1) is 0 Å². The van der Waals surface area contributed by atoms with E-state index in [0.29, 0.717) is 19.3 Å². The number of rotatable bonds is 9. The van der Waals surface area contributed by atoms with Gasteiger partial charge in [-0.1, -0.05) is 46.0 Å². The van der Waals surface area contributed by atoms with Crippen molar-refractivity contribution in [1.29, 1.82) is 0 Å². The number of carbonyl (C=O) groups is 1. The third-order valence-electron chi connectivity index (χ3n) is 4.05. The van der Waals surface area contributed by atoms with Crippen LogP contribution in [0.2, 0.25) is 0 Å². The zero-order valence-corrected chi connectivity index (χ0v) is 14.0. The Kier molecular flexibility index (Phi) is 7.51. The van der Waals surface area contributed by atoms with Gasteiger partial charge in [-0.25, -0.2) is 0 Å². The van der Waals surface area contributed by atoms with Crippen molar-refractivity contribution in [2.75, 3.05) is 0 Å². The third kappa shape index (κ3) is 5.19. The van der Waals surface area contributed by atoms with E-state index >= 15 is 0 Å². The van der Waals surface area contributed by atoms with Crippen molar-refractivity contribution in [3.05, 3.63) is 0 Å². The Morgan fingerprint density at radius 3 is 2.35 bits per heavy atom. The lowest BCUT2D eigenvalue weighted by Crippen LogP contribution is -2.56. The molecule has 134 valence electrons. The van der Waals surface area contributed by atoms with Gasteiger partial charge in [-0.2, -0.15) is 23.3 Å². The van der Waals surface area contributed by atoms with Gasteiger partial charge in [0.25, 0.3) is 5.72 Å². The first-order valence-electron chi connectivity index (χ1n) is 8.44. The van der Waals surface area contributed by atoms with E-state index in [1.807, 2.05) is 6.92 Å². The second-order valence-electron chi connectivity index (χ2n) is 6.13. The fourth-order valence-electron chi connectivity index (χ4n) is 2.61. The van der Waals surface area contributed by atoms with Gasteiger partial charge in [0, 0.05) is 18.6 Å². The summed E-state index contributed by atoms with van der Waals surface area (Å²) in [6, 6.07) is 0. The van der Waals surface area contributed by atoms with Crippen LogP contribution in [-0.2, 0) is 4.79 Å². The van der Waals surface area contributed by atoms with Crippen LogP contribution in [0.15, 0.2) is 5.10 Å². The summed E-state index contributed by atoms with van der Waals surface area (Å²) in [6.45, 7) is 3.98. The Balaban J connectivity index is 2.72. The summed E-state index contributed by atoms with van der Waals surface area (Å²) < 4.78 is 39.7. The van der Waals surface area contributed by atoms with Crippen molar-refractivity contribution < 1.29 is 23.1 Å². The van der Waals surface area contributed by atoms with Crippen LogP contribution in [-0.4, -0.2) is 33.6 Å². The zero-order chi connectivity index (χ0) is 17.5. The van der Waals surface area contributed by atoms with E-state index in [0.717, 1.165) is 32.1 Å². The molecule has 1 aliphatic heterocycles. The van der Waals surface area contributed by atoms with E-state index < -0.39 is 24.2 Å². The van der Waals surface area contributed by atoms with E-state index in [1.165, 1.54) is 0 Å². The van der Waals surface area contributed by atoms with Crippen LogP contribution in [0.5, 0.6) is 0 Å². The molecule has 1 heterocycles. The van der Waals surface area contributed by atoms with Crippen LogP contribution >= 0.6 is 0 Å². The fraction of sp³-hybridized carbons (Fsp3) is 0.875. The predicted octanol–water partition coefficient (Wildman–Crippen LogP) is 4.38. The molecule has 0 aromatic carbocycles. The van der Waals surface area contributed by atoms with Gasteiger partial charge >= 0.3 is 6.18 Å². The molecule has 0 unspecified atom stereocenters. The third-order valence-corrected chi connectivity index (χ3v) is 4.05. The molecule has 0 aliphatic carbocycles. The van der Waals surface area contributed by atoms with E-state index in [2.05, 4.69) is 12.0 Å². The van der Waals surface area contributed by atoms with Crippen LogP contribution in [0.25, 0.3) is 0 Å². The standard InChI is InChI=1S/C16H27F3N2O2/c1-3-5-7-8-9-11-14(22)21-15(23,16(17,18)19)12-13(20-21)10-6-4-2/h23H,3-12H2,1-2H3/t15-/m1/s1. The lowest BCUT2D eigenvalue weighted by atomic mass is 10.0. The van der Waals surface area contributed by atoms with Crippen molar-refractivity contribution in [2.45, 2.75) is 90.0 Å². The molecular weight excluding hydrogens is 309 g/mol. The molecule has 1 aliphatic rings. The average Bonchev–Trinajstić information content (AvgIpc) is 2.83. The topological polar surface area (TPSA) is 52.9 Å². The lowest BCUT2D eigenvalue weighted by Gasteiger charge is -2.32. The molecule has 0 aromatic rings. The van der Waals surface area contributed by atoms with Crippen molar-refractivity contribution in [3.63, 3.8) is 0 Å². The summed E-state index contributed by atoms with van der Waals surface area (Å²) in [7, 11) is 0. The van der Waals surface area contributed by atoms with Gasteiger partial charge in [0.1, 0.15) is 0 Å². The quantitative estimate of drug-likeness (QED) is 0.635. The maximum Gasteiger partial charge on any atom is 0.438 e. The summed E-state index contributed by atoms with van der Waals surface area (Å²) in [4.78, 5) is 12.1. The second-order valence-corrected chi connectivity index (χ2v) is 6.13. The summed E-state index contributed by atoms with van der Waals surface area (Å²) in [5, 5.41) is 14.1. The first-order valence-corrected chi connectivity index (χ1v) is 8.44. The SMILES string of the molecule is CCCCCCCC(=O)N1N=C(CCCC)C[C@@]1(O)C(F)(F)F. The Morgan fingerprint density at radius 1 is 1.17 bits per heavy atom. The van der Waals surface area contributed by atoms with Crippen molar-refractivity contribution in [3.8, 4) is 0 Å². The summed E-state index contributed by atoms with van der Waals surface area (Å²) >= 11 is 0. The second kappa shape index (κ2) is 8.66. The largest absolute Gasteiger partial charge is 0.438 e. The van der Waals surface area contributed by atoms with Crippen molar-refractivity contribution >= 4 is 11.6 Å². The number of nitrogens with zero attached hydrogens (tertiary/aromatic N) is 2. The Labute approximate surface area is 135 Å². The maximum atomic E-state index is 13.2. The highest BCUT2D eigenvalue weighted by molar-refractivity contribution is 5.90. The van der Waals surface area contributed by atoms with Crippen LogP contribution in [0.3, 0.4) is 0 Å². The minimum atomic E-state index is -4.91. The number of carbonyl (C=O) groups excluding carboxylic acids is 1. The minimum absolute atomic E-state index is 0.0212. The Hall–Kier alpha value is -1.11. The summed E-state index contributed by atoms with van der Waals surface area (Å²) in [5.74, 6) is -0.757. The van der Waals surface area contributed by atoms with Gasteiger partial charge in [-0.3, -0.25) is 4.79 Å². The average molecular weight is 336 g/mol. The van der Waals surface area contributed by atoms with E-state index in [9.17, 15) is 23.1 Å². The number of amides is 1. The number of hydrogen-bond donors (Lipinski definition) is 1. The van der Waals surface area contributed by atoms with Gasteiger partial charge in [0.15, 0.2) is 0 Å². The highest BCUT2D eigenvalue weighted by atomic mass is 19.4. The van der Waals surface area contributed by atoms with Crippen LogP contribution in [0.4, 0.5) is 13.2 Å². The monoisotopic (exact) mass is 336 g/mol. The molecule has 0 fully saturated rings. The molecule has 1 rings (SSSR count). The Bertz CT molecular complexity index is 424. The fourth-order valence-corrected chi connectivity index (χ4v) is 2.61. The van der Waals surface area contributed by atoms with Crippen molar-refractivity contribution in [2.24, 2.45) is 5.10 Å². The molecule has 0 saturated heterocycles. The molecular formula is C16H27F3N2O2. The molecule has 0 bridgehead atoms. The summed E-state index contributed by atoms with van der Waals surface area (Å²) in [6.07, 6.45) is 0.664. The molecule has 23 heavy (non-hydrogen) atoms. The number of hydrazone groups is 1. The molecule has 0 aromatic heterocycles. The van der Waals surface area contributed by atoms with E-state index in [-0.39, 0.29) is 17.1 Å². The molecule has 1 amide bonds. The number of alkyl halides is 3. The van der Waals surface area contributed by atoms with Gasteiger partial charge < -0.3 is 5.11 Å². The summed E-state index contributed by atoms with van der Waals surface area (Å²) in [5.41, 5.74) is -2.94. The first-order chi connectivity index (χ1) is 10.8. The molecule has 1 atom stereocenters. The predicted molar refractivity (Wildman–Crippen MR) is 82.8 cm³/mol.